The van der Waals surface area contributed by atoms with Crippen LogP contribution in [0, 0.1) is 11.3 Å². The molecule has 4 aromatic rings. The van der Waals surface area contributed by atoms with Crippen LogP contribution in [0.4, 0.5) is 8.78 Å². The Morgan fingerprint density at radius 2 is 1.68 bits per heavy atom. The zero-order chi connectivity index (χ0) is 24.1. The Labute approximate surface area is 194 Å². The molecule has 0 atom stereocenters. The predicted molar refractivity (Wildman–Crippen MR) is 121 cm³/mol. The fourth-order valence-corrected chi connectivity index (χ4v) is 3.64. The van der Waals surface area contributed by atoms with E-state index in [0.717, 1.165) is 0 Å². The van der Waals surface area contributed by atoms with Crippen LogP contribution in [0.3, 0.4) is 0 Å². The van der Waals surface area contributed by atoms with Crippen LogP contribution in [0.5, 0.6) is 23.0 Å². The number of imidazole rings is 1. The van der Waals surface area contributed by atoms with Crippen molar-refractivity contribution in [2.24, 2.45) is 0 Å². The first-order valence-corrected chi connectivity index (χ1v) is 10.3. The van der Waals surface area contributed by atoms with Crippen LogP contribution in [0.15, 0.2) is 60.7 Å². The van der Waals surface area contributed by atoms with Gasteiger partial charge in [0.05, 0.1) is 43.4 Å². The fraction of sp³-hybridized carbons (Fsp3) is 0.200. The van der Waals surface area contributed by atoms with Crippen molar-refractivity contribution in [3.05, 3.63) is 77.6 Å². The van der Waals surface area contributed by atoms with Gasteiger partial charge in [-0.1, -0.05) is 24.3 Å². The first kappa shape index (κ1) is 22.9. The van der Waals surface area contributed by atoms with Crippen molar-refractivity contribution in [1.29, 1.82) is 5.26 Å². The van der Waals surface area contributed by atoms with Gasteiger partial charge in [0.15, 0.2) is 11.5 Å². The highest BCUT2D eigenvalue weighted by molar-refractivity contribution is 5.78. The van der Waals surface area contributed by atoms with Crippen molar-refractivity contribution in [2.75, 3.05) is 14.2 Å². The normalized spacial score (nSPS) is 10.8. The van der Waals surface area contributed by atoms with Gasteiger partial charge in [0.2, 0.25) is 5.75 Å². The Morgan fingerprint density at radius 3 is 2.35 bits per heavy atom. The van der Waals surface area contributed by atoms with E-state index in [4.69, 9.17) is 18.9 Å². The topological polar surface area (TPSA) is 78.5 Å². The molecule has 4 rings (SSSR count). The molecule has 0 fully saturated rings. The van der Waals surface area contributed by atoms with E-state index in [1.165, 1.54) is 20.3 Å². The molecule has 0 radical (unpaired) electrons. The van der Waals surface area contributed by atoms with Crippen LogP contribution in [0.25, 0.3) is 11.0 Å². The SMILES string of the molecule is COc1cccc(OC)c1OCc1nc2ccc(C#N)cc2n1Cc1ccccc1OC(F)F. The number of hydrogen-bond acceptors (Lipinski definition) is 6. The molecule has 0 amide bonds. The molecule has 0 unspecified atom stereocenters. The molecule has 34 heavy (non-hydrogen) atoms. The average Bonchev–Trinajstić information content (AvgIpc) is 3.19. The summed E-state index contributed by atoms with van der Waals surface area (Å²) in [7, 11) is 3.06. The third-order valence-electron chi connectivity index (χ3n) is 5.20. The van der Waals surface area contributed by atoms with Crippen molar-refractivity contribution in [1.82, 2.24) is 9.55 Å². The second-order valence-electron chi connectivity index (χ2n) is 7.20. The van der Waals surface area contributed by atoms with Crippen molar-refractivity contribution < 1.29 is 27.7 Å². The maximum Gasteiger partial charge on any atom is 0.387 e. The molecule has 1 heterocycles. The number of nitriles is 1. The number of halogens is 2. The van der Waals surface area contributed by atoms with Crippen molar-refractivity contribution in [2.45, 2.75) is 19.8 Å². The minimum Gasteiger partial charge on any atom is -0.493 e. The van der Waals surface area contributed by atoms with Gasteiger partial charge in [-0.2, -0.15) is 14.0 Å². The van der Waals surface area contributed by atoms with Gasteiger partial charge in [0.25, 0.3) is 0 Å². The number of alkyl halides is 2. The molecule has 0 saturated heterocycles. The van der Waals surface area contributed by atoms with E-state index in [9.17, 15) is 14.0 Å². The highest BCUT2D eigenvalue weighted by Gasteiger charge is 2.18. The monoisotopic (exact) mass is 465 g/mol. The van der Waals surface area contributed by atoms with E-state index < -0.39 is 6.61 Å². The van der Waals surface area contributed by atoms with Gasteiger partial charge < -0.3 is 23.5 Å². The Kier molecular flexibility index (Phi) is 6.78. The molecule has 0 saturated carbocycles. The second-order valence-corrected chi connectivity index (χ2v) is 7.20. The number of methoxy groups -OCH3 is 2. The Balaban J connectivity index is 1.76. The van der Waals surface area contributed by atoms with Crippen molar-refractivity contribution in [3.63, 3.8) is 0 Å². The standard InChI is InChI=1S/C25H21F2N3O4/c1-31-21-8-5-9-22(32-2)24(21)33-15-23-29-18-11-10-16(13-28)12-19(18)30(23)14-17-6-3-4-7-20(17)34-25(26)27/h3-12,25H,14-15H2,1-2H3. The highest BCUT2D eigenvalue weighted by Crippen LogP contribution is 2.37. The summed E-state index contributed by atoms with van der Waals surface area (Å²) in [6.07, 6.45) is 0. The first-order valence-electron chi connectivity index (χ1n) is 10.3. The number of ether oxygens (including phenoxy) is 4. The quantitative estimate of drug-likeness (QED) is 0.340. The number of nitrogens with zero attached hydrogens (tertiary/aromatic N) is 3. The number of aromatic nitrogens is 2. The van der Waals surface area contributed by atoms with Gasteiger partial charge >= 0.3 is 6.61 Å². The van der Waals surface area contributed by atoms with Crippen LogP contribution in [0.2, 0.25) is 0 Å². The van der Waals surface area contributed by atoms with Crippen molar-refractivity contribution >= 4 is 11.0 Å². The molecule has 174 valence electrons. The number of benzene rings is 3. The minimum absolute atomic E-state index is 0.0329. The van der Waals surface area contributed by atoms with E-state index in [0.29, 0.717) is 45.2 Å². The molecule has 3 aromatic carbocycles. The molecule has 0 aliphatic rings. The van der Waals surface area contributed by atoms with E-state index in [1.807, 2.05) is 4.57 Å². The molecule has 1 aromatic heterocycles. The Bertz CT molecular complexity index is 1330. The summed E-state index contributed by atoms with van der Waals surface area (Å²) in [4.78, 5) is 4.66. The molecule has 0 aliphatic carbocycles. The lowest BCUT2D eigenvalue weighted by Gasteiger charge is -2.16. The van der Waals surface area contributed by atoms with Crippen LogP contribution in [0.1, 0.15) is 17.0 Å². The Morgan fingerprint density at radius 1 is 0.971 bits per heavy atom. The lowest BCUT2D eigenvalue weighted by atomic mass is 10.2. The largest absolute Gasteiger partial charge is 0.493 e. The fourth-order valence-electron chi connectivity index (χ4n) is 3.64. The van der Waals surface area contributed by atoms with Gasteiger partial charge in [0.1, 0.15) is 18.2 Å². The van der Waals surface area contributed by atoms with Crippen LogP contribution < -0.4 is 18.9 Å². The maximum absolute atomic E-state index is 12.9. The summed E-state index contributed by atoms with van der Waals surface area (Å²) in [6.45, 7) is -2.74. The molecule has 0 aliphatic heterocycles. The molecule has 0 bridgehead atoms. The molecular formula is C25H21F2N3O4. The van der Waals surface area contributed by atoms with Crippen LogP contribution >= 0.6 is 0 Å². The highest BCUT2D eigenvalue weighted by atomic mass is 19.3. The van der Waals surface area contributed by atoms with Crippen molar-refractivity contribution in [3.8, 4) is 29.1 Å². The summed E-state index contributed by atoms with van der Waals surface area (Å²) in [5.41, 5.74) is 2.28. The number of fused-ring (bicyclic) bond motifs is 1. The van der Waals surface area contributed by atoms with Crippen LogP contribution in [-0.4, -0.2) is 30.4 Å². The first-order chi connectivity index (χ1) is 16.5. The lowest BCUT2D eigenvalue weighted by Crippen LogP contribution is -2.11. The van der Waals surface area contributed by atoms with Crippen LogP contribution in [-0.2, 0) is 13.2 Å². The number of para-hydroxylation sites is 2. The molecule has 9 heteroatoms. The van der Waals surface area contributed by atoms with Gasteiger partial charge in [-0.3, -0.25) is 0 Å². The van der Waals surface area contributed by atoms with E-state index in [-0.39, 0.29) is 18.9 Å². The van der Waals surface area contributed by atoms with E-state index >= 15 is 0 Å². The zero-order valence-corrected chi connectivity index (χ0v) is 18.5. The third kappa shape index (κ3) is 4.71. The molecular weight excluding hydrogens is 444 g/mol. The minimum atomic E-state index is -2.95. The smallest absolute Gasteiger partial charge is 0.387 e. The molecule has 7 nitrogen and oxygen atoms in total. The third-order valence-corrected chi connectivity index (χ3v) is 5.20. The average molecular weight is 465 g/mol. The number of rotatable bonds is 9. The summed E-state index contributed by atoms with van der Waals surface area (Å²) < 4.78 is 49.2. The predicted octanol–water partition coefficient (Wildman–Crippen LogP) is 5.15. The zero-order valence-electron chi connectivity index (χ0n) is 18.5. The maximum atomic E-state index is 12.9. The second kappa shape index (κ2) is 10.1. The number of hydrogen-bond donors (Lipinski definition) is 0. The van der Waals surface area contributed by atoms with Gasteiger partial charge in [0, 0.05) is 5.56 Å². The summed E-state index contributed by atoms with van der Waals surface area (Å²) in [5, 5.41) is 9.36. The summed E-state index contributed by atoms with van der Waals surface area (Å²) >= 11 is 0. The van der Waals surface area contributed by atoms with E-state index in [2.05, 4.69) is 11.1 Å². The Hall–Kier alpha value is -4.32. The summed E-state index contributed by atoms with van der Waals surface area (Å²) in [5.74, 6) is 1.97. The van der Waals surface area contributed by atoms with Gasteiger partial charge in [-0.25, -0.2) is 4.98 Å². The molecule has 0 spiro atoms. The lowest BCUT2D eigenvalue weighted by molar-refractivity contribution is -0.0504. The van der Waals surface area contributed by atoms with Gasteiger partial charge in [-0.05, 0) is 36.4 Å². The van der Waals surface area contributed by atoms with E-state index in [1.54, 1.807) is 54.6 Å². The van der Waals surface area contributed by atoms with Gasteiger partial charge in [-0.15, -0.1) is 0 Å². The molecule has 0 N–H and O–H groups in total. The summed E-state index contributed by atoms with van der Waals surface area (Å²) in [6, 6.07) is 19.0.